The minimum absolute atomic E-state index is 0.186. The number of nitrogens with one attached hydrogen (secondary N) is 1. The van der Waals surface area contributed by atoms with Crippen molar-refractivity contribution in [2.75, 3.05) is 12.4 Å². The van der Waals surface area contributed by atoms with Crippen molar-refractivity contribution in [2.24, 2.45) is 11.7 Å². The molecular formula is C20H19F5N4O4. The maximum Gasteiger partial charge on any atom is 0.417 e. The molecule has 1 aliphatic rings. The van der Waals surface area contributed by atoms with Gasteiger partial charge in [-0.1, -0.05) is 13.0 Å². The van der Waals surface area contributed by atoms with Gasteiger partial charge in [0.15, 0.2) is 23.0 Å². The van der Waals surface area contributed by atoms with Crippen molar-refractivity contribution in [3.8, 4) is 5.75 Å². The average Bonchev–Trinajstić information content (AvgIpc) is 3.02. The second kappa shape index (κ2) is 8.54. The molecule has 1 saturated heterocycles. The number of methoxy groups -OCH3 is 1. The van der Waals surface area contributed by atoms with E-state index >= 15 is 0 Å². The monoisotopic (exact) mass is 474 g/mol. The molecule has 3 rings (SSSR count). The fraction of sp³-hybridized carbons (Fsp3) is 0.400. The van der Waals surface area contributed by atoms with Gasteiger partial charge in [-0.25, -0.2) is 9.37 Å². The summed E-state index contributed by atoms with van der Waals surface area (Å²) in [4.78, 5) is 31.7. The van der Waals surface area contributed by atoms with Gasteiger partial charge in [0.05, 0.1) is 19.5 Å². The van der Waals surface area contributed by atoms with E-state index in [0.717, 1.165) is 38.6 Å². The quantitative estimate of drug-likeness (QED) is 0.644. The van der Waals surface area contributed by atoms with Crippen molar-refractivity contribution in [3.63, 3.8) is 0 Å². The highest BCUT2D eigenvalue weighted by Gasteiger charge is 2.65. The Kier molecular flexibility index (Phi) is 6.29. The van der Waals surface area contributed by atoms with Crippen LogP contribution in [0, 0.1) is 17.6 Å². The molecule has 1 aromatic carbocycles. The Hall–Kier alpha value is -3.35. The van der Waals surface area contributed by atoms with E-state index < -0.39 is 58.9 Å². The van der Waals surface area contributed by atoms with Crippen molar-refractivity contribution < 1.29 is 41.0 Å². The molecule has 13 heteroatoms. The van der Waals surface area contributed by atoms with Crippen LogP contribution < -0.4 is 15.8 Å². The van der Waals surface area contributed by atoms with E-state index in [0.29, 0.717) is 0 Å². The summed E-state index contributed by atoms with van der Waals surface area (Å²) in [6.45, 7) is 1.94. The number of hydrogen-bond acceptors (Lipinski definition) is 6. The first-order chi connectivity index (χ1) is 15.3. The third-order valence-corrected chi connectivity index (χ3v) is 5.71. The van der Waals surface area contributed by atoms with Gasteiger partial charge in [-0.2, -0.15) is 17.6 Å². The molecule has 178 valence electrons. The van der Waals surface area contributed by atoms with Crippen LogP contribution in [0.3, 0.4) is 0 Å². The van der Waals surface area contributed by atoms with Crippen molar-refractivity contribution >= 4 is 17.6 Å². The van der Waals surface area contributed by atoms with Gasteiger partial charge in [-0.05, 0) is 13.0 Å². The van der Waals surface area contributed by atoms with E-state index in [-0.39, 0.29) is 17.1 Å². The molecule has 2 heterocycles. The van der Waals surface area contributed by atoms with Gasteiger partial charge in [0, 0.05) is 17.4 Å². The number of benzene rings is 1. The summed E-state index contributed by atoms with van der Waals surface area (Å²) in [5, 5.41) is 2.23. The SMILES string of the molecule is COc1c([C@H]2[C@H](C(=O)Nc3cncc(C(N)=O)n3)O[C@@](C)(C(F)(F)F)[C@H]2C)ccc(F)c1F. The number of anilines is 1. The molecule has 3 N–H and O–H groups in total. The highest BCUT2D eigenvalue weighted by Crippen LogP contribution is 2.54. The standard InChI is InChI=1S/C20H19F5N4O4/c1-8-13(9-4-5-10(21)14(22)15(9)32-3)16(33-19(8,2)20(23,24)25)18(31)29-12-7-27-6-11(28-12)17(26)30/h4-8,13,16H,1-3H3,(H2,26,30)(H,28,29,31)/t8-,13-,16+,19+/m0/s1. The lowest BCUT2D eigenvalue weighted by molar-refractivity contribution is -0.272. The van der Waals surface area contributed by atoms with Gasteiger partial charge in [-0.15, -0.1) is 0 Å². The summed E-state index contributed by atoms with van der Waals surface area (Å²) in [7, 11) is 1.02. The third-order valence-electron chi connectivity index (χ3n) is 5.71. The molecule has 0 saturated carbocycles. The highest BCUT2D eigenvalue weighted by molar-refractivity contribution is 5.95. The minimum atomic E-state index is -4.91. The lowest BCUT2D eigenvalue weighted by Gasteiger charge is -2.32. The number of aromatic nitrogens is 2. The molecular weight excluding hydrogens is 455 g/mol. The molecule has 2 aromatic rings. The molecule has 4 atom stereocenters. The molecule has 0 bridgehead atoms. The number of halogens is 5. The number of primary amides is 1. The normalized spacial score (nSPS) is 25.0. The van der Waals surface area contributed by atoms with Crippen LogP contribution in [-0.4, -0.2) is 46.8 Å². The van der Waals surface area contributed by atoms with Crippen LogP contribution in [0.4, 0.5) is 27.8 Å². The fourth-order valence-electron chi connectivity index (χ4n) is 3.78. The van der Waals surface area contributed by atoms with Crippen LogP contribution in [0.2, 0.25) is 0 Å². The Morgan fingerprint density at radius 1 is 1.24 bits per heavy atom. The van der Waals surface area contributed by atoms with Crippen LogP contribution in [-0.2, 0) is 9.53 Å². The molecule has 33 heavy (non-hydrogen) atoms. The van der Waals surface area contributed by atoms with Gasteiger partial charge >= 0.3 is 6.18 Å². The van der Waals surface area contributed by atoms with E-state index in [1.807, 2.05) is 0 Å². The topological polar surface area (TPSA) is 116 Å². The second-order valence-corrected chi connectivity index (χ2v) is 7.58. The summed E-state index contributed by atoms with van der Waals surface area (Å²) in [6, 6.07) is 1.76. The number of alkyl halides is 3. The number of hydrogen-bond donors (Lipinski definition) is 2. The van der Waals surface area contributed by atoms with E-state index in [4.69, 9.17) is 15.2 Å². The van der Waals surface area contributed by atoms with Crippen molar-refractivity contribution in [3.05, 3.63) is 47.4 Å². The second-order valence-electron chi connectivity index (χ2n) is 7.58. The Labute approximate surface area is 184 Å². The van der Waals surface area contributed by atoms with Gasteiger partial charge < -0.3 is 20.5 Å². The Balaban J connectivity index is 2.07. The zero-order valence-electron chi connectivity index (χ0n) is 17.5. The number of nitrogens with two attached hydrogens (primary N) is 1. The molecule has 1 aromatic heterocycles. The predicted octanol–water partition coefficient (Wildman–Crippen LogP) is 2.94. The van der Waals surface area contributed by atoms with Gasteiger partial charge in [-0.3, -0.25) is 14.6 Å². The first kappa shape index (κ1) is 24.3. The third kappa shape index (κ3) is 4.19. The number of nitrogens with zero attached hydrogens (tertiary/aromatic N) is 2. The first-order valence-electron chi connectivity index (χ1n) is 9.51. The van der Waals surface area contributed by atoms with Crippen molar-refractivity contribution in [2.45, 2.75) is 37.6 Å². The summed E-state index contributed by atoms with van der Waals surface area (Å²) in [6.07, 6.45) is -4.65. The highest BCUT2D eigenvalue weighted by atomic mass is 19.4. The molecule has 0 aliphatic carbocycles. The van der Waals surface area contributed by atoms with Gasteiger partial charge in [0.25, 0.3) is 11.8 Å². The summed E-state index contributed by atoms with van der Waals surface area (Å²) < 4.78 is 79.9. The van der Waals surface area contributed by atoms with E-state index in [9.17, 15) is 31.5 Å². The molecule has 0 unspecified atom stereocenters. The smallest absolute Gasteiger partial charge is 0.417 e. The van der Waals surface area contributed by atoms with Crippen LogP contribution in [0.25, 0.3) is 0 Å². The van der Waals surface area contributed by atoms with Crippen molar-refractivity contribution in [1.82, 2.24) is 9.97 Å². The Morgan fingerprint density at radius 2 is 1.91 bits per heavy atom. The predicted molar refractivity (Wildman–Crippen MR) is 103 cm³/mol. The number of ether oxygens (including phenoxy) is 2. The minimum Gasteiger partial charge on any atom is -0.493 e. The zero-order valence-corrected chi connectivity index (χ0v) is 17.5. The summed E-state index contributed by atoms with van der Waals surface area (Å²) in [5.74, 6) is -8.45. The molecule has 2 amide bonds. The largest absolute Gasteiger partial charge is 0.493 e. The van der Waals surface area contributed by atoms with E-state index in [1.165, 1.54) is 6.92 Å². The van der Waals surface area contributed by atoms with Gasteiger partial charge in [0.1, 0.15) is 11.8 Å². The Bertz CT molecular complexity index is 1100. The Morgan fingerprint density at radius 3 is 2.48 bits per heavy atom. The van der Waals surface area contributed by atoms with Crippen LogP contribution >= 0.6 is 0 Å². The summed E-state index contributed by atoms with van der Waals surface area (Å²) >= 11 is 0. The van der Waals surface area contributed by atoms with E-state index in [2.05, 4.69) is 15.3 Å². The molecule has 0 radical (unpaired) electrons. The van der Waals surface area contributed by atoms with Crippen LogP contribution in [0.1, 0.15) is 35.8 Å². The maximum absolute atomic E-state index is 14.3. The van der Waals surface area contributed by atoms with Gasteiger partial charge in [0.2, 0.25) is 5.82 Å². The number of amides is 2. The lowest BCUT2D eigenvalue weighted by Crippen LogP contribution is -2.47. The number of carbonyl (C=O) groups is 2. The number of carbonyl (C=O) groups excluding carboxylic acids is 2. The zero-order chi connectivity index (χ0) is 24.7. The van der Waals surface area contributed by atoms with Crippen LogP contribution in [0.5, 0.6) is 5.75 Å². The number of rotatable bonds is 5. The van der Waals surface area contributed by atoms with E-state index in [1.54, 1.807) is 0 Å². The van der Waals surface area contributed by atoms with Crippen molar-refractivity contribution in [1.29, 1.82) is 0 Å². The fourth-order valence-corrected chi connectivity index (χ4v) is 3.78. The average molecular weight is 474 g/mol. The molecule has 1 aliphatic heterocycles. The lowest BCUT2D eigenvalue weighted by atomic mass is 9.77. The van der Waals surface area contributed by atoms with Crippen LogP contribution in [0.15, 0.2) is 24.5 Å². The first-order valence-corrected chi connectivity index (χ1v) is 9.51. The maximum atomic E-state index is 14.3. The molecule has 8 nitrogen and oxygen atoms in total. The molecule has 1 fully saturated rings. The summed E-state index contributed by atoms with van der Waals surface area (Å²) in [5.41, 5.74) is 1.82. The molecule has 0 spiro atoms.